The smallest absolute Gasteiger partial charge is 0.176 e. The highest BCUT2D eigenvalue weighted by molar-refractivity contribution is 5.96. The lowest BCUT2D eigenvalue weighted by Gasteiger charge is -2.08. The minimum atomic E-state index is -0.535. The molecule has 0 spiro atoms. The fraction of sp³-hybridized carbons (Fsp3) is 0.100. The molecule has 2 aromatic rings. The van der Waals surface area contributed by atoms with Gasteiger partial charge >= 0.3 is 0 Å². The molecule has 0 aliphatic carbocycles. The van der Waals surface area contributed by atoms with E-state index in [-0.39, 0.29) is 22.5 Å². The van der Waals surface area contributed by atoms with Gasteiger partial charge in [-0.25, -0.2) is 4.39 Å². The van der Waals surface area contributed by atoms with Gasteiger partial charge < -0.3 is 16.2 Å². The van der Waals surface area contributed by atoms with E-state index in [4.69, 9.17) is 16.2 Å². The second kappa shape index (κ2) is 3.27. The molecule has 1 heterocycles. The Morgan fingerprint density at radius 1 is 1.33 bits per heavy atom. The minimum absolute atomic E-state index is 0.126. The summed E-state index contributed by atoms with van der Waals surface area (Å²) in [7, 11) is 1.39. The fourth-order valence-electron chi connectivity index (χ4n) is 1.42. The summed E-state index contributed by atoms with van der Waals surface area (Å²) in [5.41, 5.74) is 12.1. The molecule has 0 aliphatic heterocycles. The zero-order valence-corrected chi connectivity index (χ0v) is 8.12. The van der Waals surface area contributed by atoms with Crippen molar-refractivity contribution in [2.24, 2.45) is 0 Å². The molecule has 4 nitrogen and oxygen atoms in total. The predicted octanol–water partition coefficient (Wildman–Crippen LogP) is 1.55. The van der Waals surface area contributed by atoms with Crippen molar-refractivity contribution in [3.05, 3.63) is 24.1 Å². The normalized spacial score (nSPS) is 10.5. The minimum Gasteiger partial charge on any atom is -0.494 e. The molecule has 0 amide bonds. The molecule has 15 heavy (non-hydrogen) atoms. The van der Waals surface area contributed by atoms with Gasteiger partial charge in [-0.2, -0.15) is 0 Å². The van der Waals surface area contributed by atoms with Crippen molar-refractivity contribution in [3.8, 4) is 5.75 Å². The molecule has 0 atom stereocenters. The number of benzene rings is 1. The molecule has 78 valence electrons. The van der Waals surface area contributed by atoms with Crippen molar-refractivity contribution in [3.63, 3.8) is 0 Å². The van der Waals surface area contributed by atoms with Gasteiger partial charge in [0, 0.05) is 0 Å². The number of rotatable bonds is 1. The van der Waals surface area contributed by atoms with Gasteiger partial charge in [-0.15, -0.1) is 0 Å². The van der Waals surface area contributed by atoms with Gasteiger partial charge in [-0.05, 0) is 12.1 Å². The molecule has 2 rings (SSSR count). The molecule has 1 aromatic carbocycles. The van der Waals surface area contributed by atoms with Crippen molar-refractivity contribution in [2.45, 2.75) is 0 Å². The van der Waals surface area contributed by atoms with Crippen molar-refractivity contribution in [1.29, 1.82) is 0 Å². The summed E-state index contributed by atoms with van der Waals surface area (Å²) < 4.78 is 18.7. The van der Waals surface area contributed by atoms with Crippen LogP contribution in [0.1, 0.15) is 0 Å². The maximum Gasteiger partial charge on any atom is 0.176 e. The standard InChI is InChI=1S/C10H10FN3O/c1-15-7-3-2-6-8(9(7)11)10(13)5(12)4-14-6/h2-4H,12H2,1H3,(H2,13,14). The maximum atomic E-state index is 13.8. The average molecular weight is 207 g/mol. The molecule has 0 radical (unpaired) electrons. The molecular formula is C10H10FN3O. The third-order valence-electron chi connectivity index (χ3n) is 2.23. The SMILES string of the molecule is COc1ccc2ncc(N)c(N)c2c1F. The molecule has 4 N–H and O–H groups in total. The topological polar surface area (TPSA) is 74.2 Å². The summed E-state index contributed by atoms with van der Waals surface area (Å²) in [6, 6.07) is 3.13. The molecule has 1 aromatic heterocycles. The van der Waals surface area contributed by atoms with E-state index in [1.54, 1.807) is 6.07 Å². The largest absolute Gasteiger partial charge is 0.494 e. The lowest BCUT2D eigenvalue weighted by molar-refractivity contribution is 0.389. The Labute approximate surface area is 85.7 Å². The van der Waals surface area contributed by atoms with E-state index in [0.29, 0.717) is 5.52 Å². The van der Waals surface area contributed by atoms with Crippen molar-refractivity contribution in [1.82, 2.24) is 4.98 Å². The highest BCUT2D eigenvalue weighted by Gasteiger charge is 2.12. The first kappa shape index (κ1) is 9.51. The number of fused-ring (bicyclic) bond motifs is 1. The van der Waals surface area contributed by atoms with Crippen LogP contribution in [0.5, 0.6) is 5.75 Å². The number of nitrogen functional groups attached to an aromatic ring is 2. The van der Waals surface area contributed by atoms with Gasteiger partial charge in [0.15, 0.2) is 11.6 Å². The number of hydrogen-bond donors (Lipinski definition) is 2. The second-order valence-corrected chi connectivity index (χ2v) is 3.10. The first-order valence-corrected chi connectivity index (χ1v) is 4.31. The second-order valence-electron chi connectivity index (χ2n) is 3.10. The number of anilines is 2. The van der Waals surface area contributed by atoms with Crippen LogP contribution in [0.3, 0.4) is 0 Å². The molecule has 0 saturated heterocycles. The number of nitrogens with two attached hydrogens (primary N) is 2. The third-order valence-corrected chi connectivity index (χ3v) is 2.23. The third kappa shape index (κ3) is 1.32. The first-order chi connectivity index (χ1) is 7.15. The Morgan fingerprint density at radius 2 is 2.07 bits per heavy atom. The Hall–Kier alpha value is -2.04. The summed E-state index contributed by atoms with van der Waals surface area (Å²) in [6.45, 7) is 0. The van der Waals surface area contributed by atoms with Gasteiger partial charge in [0.1, 0.15) is 0 Å². The van der Waals surface area contributed by atoms with Crippen LogP contribution in [0.25, 0.3) is 10.9 Å². The fourth-order valence-corrected chi connectivity index (χ4v) is 1.42. The lowest BCUT2D eigenvalue weighted by Crippen LogP contribution is -2.00. The highest BCUT2D eigenvalue weighted by Crippen LogP contribution is 2.31. The monoisotopic (exact) mass is 207 g/mol. The summed E-state index contributed by atoms with van der Waals surface area (Å²) in [5.74, 6) is -0.408. The summed E-state index contributed by atoms with van der Waals surface area (Å²) in [4.78, 5) is 3.98. The van der Waals surface area contributed by atoms with Gasteiger partial charge in [-0.1, -0.05) is 0 Å². The highest BCUT2D eigenvalue weighted by atomic mass is 19.1. The summed E-state index contributed by atoms with van der Waals surface area (Å²) in [6.07, 6.45) is 1.41. The molecule has 0 aliphatic rings. The Kier molecular flexibility index (Phi) is 2.07. The Morgan fingerprint density at radius 3 is 2.73 bits per heavy atom. The predicted molar refractivity (Wildman–Crippen MR) is 57.1 cm³/mol. The zero-order valence-electron chi connectivity index (χ0n) is 8.12. The van der Waals surface area contributed by atoms with Crippen LogP contribution in [0.15, 0.2) is 18.3 Å². The molecule has 0 saturated carbocycles. The molecule has 0 bridgehead atoms. The van der Waals surface area contributed by atoms with Gasteiger partial charge in [0.2, 0.25) is 0 Å². The molecule has 0 fully saturated rings. The Bertz CT molecular complexity index is 528. The number of hydrogen-bond acceptors (Lipinski definition) is 4. The number of halogens is 1. The molecule has 0 unspecified atom stereocenters. The zero-order chi connectivity index (χ0) is 11.0. The number of nitrogens with zero attached hydrogens (tertiary/aromatic N) is 1. The quantitative estimate of drug-likeness (QED) is 0.743. The average Bonchev–Trinajstić information content (AvgIpc) is 2.24. The van der Waals surface area contributed by atoms with Crippen LogP contribution < -0.4 is 16.2 Å². The van der Waals surface area contributed by atoms with E-state index in [1.165, 1.54) is 19.4 Å². The van der Waals surface area contributed by atoms with E-state index in [2.05, 4.69) is 4.98 Å². The van der Waals surface area contributed by atoms with Gasteiger partial charge in [-0.3, -0.25) is 4.98 Å². The number of pyridine rings is 1. The van der Waals surface area contributed by atoms with Crippen molar-refractivity contribution < 1.29 is 9.13 Å². The first-order valence-electron chi connectivity index (χ1n) is 4.31. The van der Waals surface area contributed by atoms with Crippen molar-refractivity contribution >= 4 is 22.3 Å². The summed E-state index contributed by atoms with van der Waals surface area (Å²) in [5, 5.41) is 0.203. The summed E-state index contributed by atoms with van der Waals surface area (Å²) >= 11 is 0. The van der Waals surface area contributed by atoms with E-state index < -0.39 is 5.82 Å². The van der Waals surface area contributed by atoms with Crippen LogP contribution in [0.4, 0.5) is 15.8 Å². The number of ether oxygens (including phenoxy) is 1. The van der Waals surface area contributed by atoms with E-state index in [9.17, 15) is 4.39 Å². The van der Waals surface area contributed by atoms with Crippen LogP contribution in [0.2, 0.25) is 0 Å². The van der Waals surface area contributed by atoms with Crippen LogP contribution >= 0.6 is 0 Å². The number of aromatic nitrogens is 1. The maximum absolute atomic E-state index is 13.8. The molecular weight excluding hydrogens is 197 g/mol. The van der Waals surface area contributed by atoms with Crippen molar-refractivity contribution in [2.75, 3.05) is 18.6 Å². The lowest BCUT2D eigenvalue weighted by atomic mass is 10.1. The van der Waals surface area contributed by atoms with Crippen LogP contribution in [-0.4, -0.2) is 12.1 Å². The van der Waals surface area contributed by atoms with E-state index >= 15 is 0 Å². The van der Waals surface area contributed by atoms with Gasteiger partial charge in [0.05, 0.1) is 35.6 Å². The Balaban J connectivity index is 2.89. The van der Waals surface area contributed by atoms with E-state index in [1.807, 2.05) is 0 Å². The molecule has 5 heteroatoms. The van der Waals surface area contributed by atoms with Crippen LogP contribution in [-0.2, 0) is 0 Å². The van der Waals surface area contributed by atoms with Crippen LogP contribution in [0, 0.1) is 5.82 Å². The van der Waals surface area contributed by atoms with E-state index in [0.717, 1.165) is 0 Å². The van der Waals surface area contributed by atoms with Gasteiger partial charge in [0.25, 0.3) is 0 Å². The number of methoxy groups -OCH3 is 1.